The Labute approximate surface area is 733 Å². The molecule has 0 bridgehead atoms. The molecule has 0 fully saturated rings. The highest BCUT2D eigenvalue weighted by molar-refractivity contribution is 6.90. The van der Waals surface area contributed by atoms with Gasteiger partial charge in [-0.2, -0.15) is 0 Å². The van der Waals surface area contributed by atoms with Crippen LogP contribution in [0.15, 0.2) is 438 Å². The first kappa shape index (κ1) is 80.0. The number of hydrogen-bond acceptors (Lipinski definition) is 8. The zero-order valence-corrected chi connectivity index (χ0v) is 74.0. The highest BCUT2D eigenvalue weighted by atomic mass is 28.2. The Hall–Kier alpha value is -13.7. The van der Waals surface area contributed by atoms with Gasteiger partial charge in [0, 0.05) is 103 Å². The van der Waals surface area contributed by atoms with Gasteiger partial charge in [0.15, 0.2) is 0 Å². The lowest BCUT2D eigenvalue weighted by Crippen LogP contribution is -2.44. The van der Waals surface area contributed by atoms with Gasteiger partial charge >= 0.3 is 0 Å². The molecule has 8 aromatic heterocycles. The summed E-state index contributed by atoms with van der Waals surface area (Å²) in [7, 11) is -6.17. The highest BCUT2D eigenvalue weighted by Gasteiger charge is 2.57. The van der Waals surface area contributed by atoms with Crippen molar-refractivity contribution in [1.82, 2.24) is 39.9 Å². The number of rotatable bonds is 22. The van der Waals surface area contributed by atoms with Crippen LogP contribution in [-0.4, -0.2) is 94.2 Å². The van der Waals surface area contributed by atoms with Gasteiger partial charge in [0.2, 0.25) is 0 Å². The van der Waals surface area contributed by atoms with Crippen LogP contribution in [0.5, 0.6) is 0 Å². The van der Waals surface area contributed by atoms with E-state index in [-0.39, 0.29) is 0 Å². The molecule has 4 aliphatic heterocycles. The minimum Gasteiger partial charge on any atom is -0.260 e. The second kappa shape index (κ2) is 35.4. The van der Waals surface area contributed by atoms with Crippen molar-refractivity contribution in [3.05, 3.63) is 528 Å². The van der Waals surface area contributed by atoms with Crippen molar-refractivity contribution >= 4 is 98.9 Å². The minimum absolute atomic E-state index is 0.475. The molecule has 12 heteroatoms. The van der Waals surface area contributed by atoms with Crippen molar-refractivity contribution in [3.63, 3.8) is 0 Å². The second-order valence-corrected chi connectivity index (χ2v) is 42.7. The first-order valence-corrected chi connectivity index (χ1v) is 50.9. The van der Waals surface area contributed by atoms with E-state index in [4.69, 9.17) is 39.9 Å². The lowest BCUT2D eigenvalue weighted by atomic mass is 9.74. The predicted octanol–water partition coefficient (Wildman–Crippen LogP) is 22.8. The minimum atomic E-state index is -1.54. The number of hydrogen-bond donors (Lipinski definition) is 0. The van der Waals surface area contributed by atoms with Crippen molar-refractivity contribution in [1.29, 1.82) is 0 Å². The van der Waals surface area contributed by atoms with Gasteiger partial charge in [0.25, 0.3) is 0 Å². The summed E-state index contributed by atoms with van der Waals surface area (Å²) in [4.78, 5) is 42.1. The van der Waals surface area contributed by atoms with Gasteiger partial charge in [-0.15, -0.1) is 0 Å². The Morgan fingerprint density at radius 1 is 0.169 bits per heavy atom. The van der Waals surface area contributed by atoms with E-state index >= 15 is 0 Å². The van der Waals surface area contributed by atoms with Crippen LogP contribution in [0.2, 0.25) is 26.2 Å². The molecule has 0 amide bonds. The molecular formula is C112H92N8Si4. The first-order valence-electron chi connectivity index (χ1n) is 42.9. The third-order valence-corrected chi connectivity index (χ3v) is 39.3. The van der Waals surface area contributed by atoms with Gasteiger partial charge in [-0.1, -0.05) is 317 Å². The maximum atomic E-state index is 5.40. The van der Waals surface area contributed by atoms with Gasteiger partial charge in [-0.25, -0.2) is 0 Å². The molecule has 124 heavy (non-hydrogen) atoms. The summed E-state index contributed by atoms with van der Waals surface area (Å²) in [5, 5.41) is 3.48. The van der Waals surface area contributed by atoms with Gasteiger partial charge in [-0.3, -0.25) is 39.9 Å². The third-order valence-electron chi connectivity index (χ3n) is 26.1. The number of allylic oxidation sites excluding steroid dienone is 8. The molecule has 12 heterocycles. The number of aromatic nitrogens is 8. The zero-order chi connectivity index (χ0) is 83.9. The van der Waals surface area contributed by atoms with E-state index in [1.165, 1.54) is 110 Å². The molecular weight excluding hydrogens is 1570 g/mol. The van der Waals surface area contributed by atoms with Crippen LogP contribution in [-0.2, 0) is 20.2 Å². The molecule has 4 atom stereocenters. The quantitative estimate of drug-likeness (QED) is 0.0618. The standard InChI is InChI=1S/2C56H46N4Si2/c2*1-61-53(45-31-15-19-37-57-45)49(41-23-7-3-8-24-41)51(43-27-11-5-12-28-43)55(61,47-33-17-21-39-59-47)35-36-56(48-34-18-22-40-60-48)52(44-29-13-6-14-30-44)50(42-25-9-4-10-26-42)54(62(56)2)46-32-16-20-38-58-46/h2*3-34,37-40H,35-36H2,1-2H3. The Morgan fingerprint density at radius 3 is 0.476 bits per heavy atom. The summed E-state index contributed by atoms with van der Waals surface area (Å²) in [5.74, 6) is 0. The zero-order valence-electron chi connectivity index (χ0n) is 70.0. The topological polar surface area (TPSA) is 103 Å². The molecule has 20 rings (SSSR count). The maximum absolute atomic E-state index is 5.40. The molecule has 0 aliphatic carbocycles. The lowest BCUT2D eigenvalue weighted by molar-refractivity contribution is 0.550. The molecule has 8 nitrogen and oxygen atoms in total. The van der Waals surface area contributed by atoms with E-state index in [9.17, 15) is 0 Å². The first-order chi connectivity index (χ1) is 61.3. The van der Waals surface area contributed by atoms with Crippen LogP contribution in [0.4, 0.5) is 0 Å². The van der Waals surface area contributed by atoms with Crippen molar-refractivity contribution < 1.29 is 0 Å². The normalized spacial score (nSPS) is 18.8. The molecule has 0 saturated heterocycles. The summed E-state index contributed by atoms with van der Waals surface area (Å²) in [5.41, 5.74) is 28.7. The van der Waals surface area contributed by atoms with Gasteiger partial charge in [0.1, 0.15) is 0 Å². The Morgan fingerprint density at radius 2 is 0.323 bits per heavy atom. The van der Waals surface area contributed by atoms with E-state index in [1.807, 2.05) is 73.8 Å². The SMILES string of the molecule is C[Si]1=C(c2ccccn2)C(c2ccccc2)=C(c2ccccc2)C1(CCC1(c2ccccn2)C(c2ccccc2)=C(c2ccccc2)C(c2ccccn2)=[Si]1C)c1ccccn1.C[Si]1=C(c2ccccn2)C(c2ccccc2)=C(c2ccccc2)C1(CCC1(c2ccccn2)C(c2ccccc2)=C(c2ccccc2)C(c2ccccn2)=[Si]1C)c1ccccn1. The fourth-order valence-corrected chi connectivity index (χ4v) is 34.0. The molecule has 4 unspecified atom stereocenters. The van der Waals surface area contributed by atoms with Crippen LogP contribution in [0.3, 0.4) is 0 Å². The fourth-order valence-electron chi connectivity index (χ4n) is 20.8. The summed E-state index contributed by atoms with van der Waals surface area (Å²) >= 11 is 0. The molecule has 16 aromatic rings. The highest BCUT2D eigenvalue weighted by Crippen LogP contribution is 2.60. The van der Waals surface area contributed by atoms with Crippen LogP contribution in [0, 0.1) is 0 Å². The third kappa shape index (κ3) is 14.2. The van der Waals surface area contributed by atoms with E-state index in [2.05, 4.69) is 390 Å². The Balaban J connectivity index is 0.000000163. The second-order valence-electron chi connectivity index (χ2n) is 32.3. The van der Waals surface area contributed by atoms with Crippen LogP contribution < -0.4 is 0 Å². The molecule has 0 N–H and O–H groups in total. The van der Waals surface area contributed by atoms with Crippen molar-refractivity contribution in [2.24, 2.45) is 0 Å². The van der Waals surface area contributed by atoms with E-state index < -0.39 is 53.8 Å². The molecule has 4 aliphatic rings. The average Bonchev–Trinajstić information content (AvgIpc) is 1.53. The largest absolute Gasteiger partial charge is 0.260 e. The summed E-state index contributed by atoms with van der Waals surface area (Å²) in [6.45, 7) is 10.1. The average molecular weight is 1660 g/mol. The van der Waals surface area contributed by atoms with Gasteiger partial charge in [-0.05, 0) is 233 Å². The van der Waals surface area contributed by atoms with Gasteiger partial charge < -0.3 is 0 Å². The molecule has 0 saturated carbocycles. The predicted molar refractivity (Wildman–Crippen MR) is 521 cm³/mol. The monoisotopic (exact) mass is 1660 g/mol. The van der Waals surface area contributed by atoms with E-state index in [1.54, 1.807) is 0 Å². The number of nitrogens with zero attached hydrogens (tertiary/aromatic N) is 8. The summed E-state index contributed by atoms with van der Waals surface area (Å²) < 4.78 is 0. The van der Waals surface area contributed by atoms with Crippen LogP contribution in [0.1, 0.15) is 116 Å². The van der Waals surface area contributed by atoms with Crippen LogP contribution >= 0.6 is 0 Å². The van der Waals surface area contributed by atoms with Crippen molar-refractivity contribution in [3.8, 4) is 0 Å². The Kier molecular flexibility index (Phi) is 22.8. The summed E-state index contributed by atoms with van der Waals surface area (Å²) in [6, 6.07) is 140. The molecule has 8 aromatic carbocycles. The van der Waals surface area contributed by atoms with Crippen molar-refractivity contribution in [2.45, 2.75) is 72.0 Å². The van der Waals surface area contributed by atoms with Crippen molar-refractivity contribution in [2.75, 3.05) is 0 Å². The molecule has 0 radical (unpaired) electrons. The maximum Gasteiger partial charge on any atom is 0.0660 e. The number of pyridine rings is 8. The Bertz CT molecular complexity index is 5950. The van der Waals surface area contributed by atoms with Crippen LogP contribution in [0.25, 0.3) is 44.6 Å². The number of benzene rings is 8. The van der Waals surface area contributed by atoms with Gasteiger partial charge in [0.05, 0.1) is 45.6 Å². The molecule has 596 valence electrons. The summed E-state index contributed by atoms with van der Waals surface area (Å²) in [6.07, 6.45) is 19.1. The fraction of sp³-hybridized carbons (Fsp3) is 0.107. The van der Waals surface area contributed by atoms with E-state index in [0.717, 1.165) is 71.2 Å². The van der Waals surface area contributed by atoms with E-state index in [0.29, 0.717) is 0 Å². The smallest absolute Gasteiger partial charge is 0.0660 e. The lowest BCUT2D eigenvalue weighted by Gasteiger charge is -2.41. The molecule has 0 spiro atoms.